The van der Waals surface area contributed by atoms with Gasteiger partial charge in [-0.1, -0.05) is 24.3 Å². The molecular formula is C27H35N3O2. The van der Waals surface area contributed by atoms with Gasteiger partial charge in [-0.25, -0.2) is 0 Å². The summed E-state index contributed by atoms with van der Waals surface area (Å²) in [4.78, 5) is 19.3. The maximum Gasteiger partial charge on any atom is 0.222 e. The molecule has 0 saturated carbocycles. The zero-order chi connectivity index (χ0) is 21.9. The molecule has 2 aromatic carbocycles. The number of nitrogens with zero attached hydrogens (tertiary/aromatic N) is 3. The number of anilines is 2. The lowest BCUT2D eigenvalue weighted by atomic mass is 9.89. The van der Waals surface area contributed by atoms with Crippen molar-refractivity contribution in [3.63, 3.8) is 0 Å². The molecule has 32 heavy (non-hydrogen) atoms. The number of benzene rings is 2. The van der Waals surface area contributed by atoms with Gasteiger partial charge in [0.25, 0.3) is 0 Å². The van der Waals surface area contributed by atoms with Crippen LogP contribution in [0.3, 0.4) is 0 Å². The molecule has 0 aliphatic carbocycles. The number of likely N-dealkylation sites (tertiary alicyclic amines) is 2. The number of methoxy groups -OCH3 is 1. The van der Waals surface area contributed by atoms with Crippen LogP contribution < -0.4 is 9.64 Å². The average molecular weight is 434 g/mol. The molecule has 170 valence electrons. The Morgan fingerprint density at radius 3 is 2.75 bits per heavy atom. The van der Waals surface area contributed by atoms with Crippen molar-refractivity contribution in [1.82, 2.24) is 9.80 Å². The molecule has 0 bridgehead atoms. The van der Waals surface area contributed by atoms with Crippen LogP contribution >= 0.6 is 0 Å². The lowest BCUT2D eigenvalue weighted by molar-refractivity contribution is -0.133. The maximum absolute atomic E-state index is 12.0. The number of fused-ring (bicyclic) bond motifs is 3. The van der Waals surface area contributed by atoms with E-state index in [0.29, 0.717) is 17.9 Å². The van der Waals surface area contributed by atoms with Crippen molar-refractivity contribution in [2.24, 2.45) is 0 Å². The standard InChI is InChI=1S/C27H35N3O2/c1-32-22-10-8-9-21(19-22)30-25-12-3-2-11-23(25)24-20-28(18-14-26(24)30)15-6-7-17-29-16-5-4-13-27(29)31/h2-3,8-12,19,24,26H,4-7,13-18,20H2,1H3. The molecule has 3 heterocycles. The molecule has 2 unspecified atom stereocenters. The third-order valence-corrected chi connectivity index (χ3v) is 7.49. The number of hydrogen-bond donors (Lipinski definition) is 0. The number of para-hydroxylation sites is 1. The second kappa shape index (κ2) is 9.53. The fourth-order valence-electron chi connectivity index (χ4n) is 5.85. The van der Waals surface area contributed by atoms with E-state index in [1.807, 2.05) is 6.07 Å². The van der Waals surface area contributed by atoms with E-state index in [4.69, 9.17) is 4.74 Å². The molecule has 5 nitrogen and oxygen atoms in total. The minimum atomic E-state index is 0.359. The quantitative estimate of drug-likeness (QED) is 0.588. The Morgan fingerprint density at radius 2 is 1.88 bits per heavy atom. The molecule has 3 aliphatic heterocycles. The van der Waals surface area contributed by atoms with Crippen LogP contribution in [0.25, 0.3) is 0 Å². The number of carbonyl (C=O) groups excluding carboxylic acids is 1. The molecular weight excluding hydrogens is 398 g/mol. The van der Waals surface area contributed by atoms with Gasteiger partial charge in [-0.15, -0.1) is 0 Å². The number of rotatable bonds is 7. The monoisotopic (exact) mass is 433 g/mol. The van der Waals surface area contributed by atoms with E-state index in [2.05, 4.69) is 57.2 Å². The van der Waals surface area contributed by atoms with Gasteiger partial charge in [-0.05, 0) is 62.4 Å². The fraction of sp³-hybridized carbons (Fsp3) is 0.519. The summed E-state index contributed by atoms with van der Waals surface area (Å²) >= 11 is 0. The Hall–Kier alpha value is -2.53. The average Bonchev–Trinajstić information content (AvgIpc) is 3.17. The number of ether oxygens (including phenoxy) is 1. The SMILES string of the molecule is COc1cccc(N2c3ccccc3C3CN(CCCCN4CCCCC4=O)CCC32)c1. The van der Waals surface area contributed by atoms with Gasteiger partial charge in [0.1, 0.15) is 5.75 Å². The van der Waals surface area contributed by atoms with E-state index < -0.39 is 0 Å². The van der Waals surface area contributed by atoms with Crippen LogP contribution in [0.15, 0.2) is 48.5 Å². The number of amides is 1. The van der Waals surface area contributed by atoms with Crippen molar-refractivity contribution < 1.29 is 9.53 Å². The molecule has 3 aliphatic rings. The Bertz CT molecular complexity index is 946. The lowest BCUT2D eigenvalue weighted by Gasteiger charge is -2.39. The van der Waals surface area contributed by atoms with Crippen molar-refractivity contribution in [3.05, 3.63) is 54.1 Å². The van der Waals surface area contributed by atoms with Gasteiger partial charge in [0.05, 0.1) is 7.11 Å². The maximum atomic E-state index is 12.0. The normalized spacial score (nSPS) is 23.2. The first-order valence-corrected chi connectivity index (χ1v) is 12.3. The Kier molecular flexibility index (Phi) is 6.35. The number of hydrogen-bond acceptors (Lipinski definition) is 4. The summed E-state index contributed by atoms with van der Waals surface area (Å²) in [6.45, 7) is 5.28. The number of unbranched alkanes of at least 4 members (excludes halogenated alkanes) is 1. The van der Waals surface area contributed by atoms with Crippen LogP contribution in [0, 0.1) is 0 Å². The molecule has 0 N–H and O–H groups in total. The minimum absolute atomic E-state index is 0.359. The molecule has 1 amide bonds. The molecule has 0 radical (unpaired) electrons. The van der Waals surface area contributed by atoms with Gasteiger partial charge < -0.3 is 19.4 Å². The predicted molar refractivity (Wildman–Crippen MR) is 129 cm³/mol. The highest BCUT2D eigenvalue weighted by atomic mass is 16.5. The van der Waals surface area contributed by atoms with Crippen LogP contribution in [0.2, 0.25) is 0 Å². The second-order valence-corrected chi connectivity index (χ2v) is 9.44. The van der Waals surface area contributed by atoms with E-state index in [-0.39, 0.29) is 0 Å². The topological polar surface area (TPSA) is 36.0 Å². The van der Waals surface area contributed by atoms with Crippen LogP contribution in [-0.2, 0) is 4.79 Å². The highest BCUT2D eigenvalue weighted by Crippen LogP contribution is 2.48. The van der Waals surface area contributed by atoms with Crippen LogP contribution in [0.1, 0.15) is 50.0 Å². The molecule has 2 fully saturated rings. The second-order valence-electron chi connectivity index (χ2n) is 9.44. The van der Waals surface area contributed by atoms with Gasteiger partial charge in [0.15, 0.2) is 0 Å². The summed E-state index contributed by atoms with van der Waals surface area (Å²) in [6.07, 6.45) is 6.44. The highest BCUT2D eigenvalue weighted by molar-refractivity contribution is 5.76. The third-order valence-electron chi connectivity index (χ3n) is 7.49. The molecule has 5 heteroatoms. The molecule has 5 rings (SSSR count). The molecule has 2 aromatic rings. The summed E-state index contributed by atoms with van der Waals surface area (Å²) < 4.78 is 5.50. The fourth-order valence-corrected chi connectivity index (χ4v) is 5.85. The predicted octanol–water partition coefficient (Wildman–Crippen LogP) is 4.80. The third kappa shape index (κ3) is 4.23. The van der Waals surface area contributed by atoms with Crippen molar-refractivity contribution in [2.45, 2.75) is 50.5 Å². The van der Waals surface area contributed by atoms with Gasteiger partial charge in [-0.3, -0.25) is 4.79 Å². The van der Waals surface area contributed by atoms with Gasteiger partial charge in [0, 0.05) is 62.0 Å². The minimum Gasteiger partial charge on any atom is -0.497 e. The van der Waals surface area contributed by atoms with E-state index in [1.165, 1.54) is 36.2 Å². The van der Waals surface area contributed by atoms with Crippen molar-refractivity contribution in [1.29, 1.82) is 0 Å². The first kappa shape index (κ1) is 21.3. The van der Waals surface area contributed by atoms with E-state index in [1.54, 1.807) is 7.11 Å². The van der Waals surface area contributed by atoms with Crippen LogP contribution in [-0.4, -0.2) is 61.6 Å². The summed E-state index contributed by atoms with van der Waals surface area (Å²) in [6, 6.07) is 17.9. The largest absolute Gasteiger partial charge is 0.497 e. The van der Waals surface area contributed by atoms with E-state index >= 15 is 0 Å². The number of piperidine rings is 2. The molecule has 0 spiro atoms. The first-order chi connectivity index (χ1) is 15.7. The molecule has 2 saturated heterocycles. The molecule has 2 atom stereocenters. The Labute approximate surface area is 191 Å². The summed E-state index contributed by atoms with van der Waals surface area (Å²) in [5, 5.41) is 0. The number of carbonyl (C=O) groups is 1. The van der Waals surface area contributed by atoms with Crippen molar-refractivity contribution >= 4 is 17.3 Å². The van der Waals surface area contributed by atoms with Crippen LogP contribution in [0.4, 0.5) is 11.4 Å². The lowest BCUT2D eigenvalue weighted by Crippen LogP contribution is -2.45. The van der Waals surface area contributed by atoms with Crippen molar-refractivity contribution in [2.75, 3.05) is 44.7 Å². The summed E-state index contributed by atoms with van der Waals surface area (Å²) in [5.74, 6) is 1.81. The summed E-state index contributed by atoms with van der Waals surface area (Å²) in [5.41, 5.74) is 4.05. The zero-order valence-electron chi connectivity index (χ0n) is 19.2. The molecule has 0 aromatic heterocycles. The van der Waals surface area contributed by atoms with Crippen LogP contribution in [0.5, 0.6) is 5.75 Å². The van der Waals surface area contributed by atoms with Gasteiger partial charge in [0.2, 0.25) is 5.91 Å². The smallest absolute Gasteiger partial charge is 0.222 e. The highest BCUT2D eigenvalue weighted by Gasteiger charge is 2.42. The zero-order valence-corrected chi connectivity index (χ0v) is 19.2. The van der Waals surface area contributed by atoms with E-state index in [9.17, 15) is 4.79 Å². The summed E-state index contributed by atoms with van der Waals surface area (Å²) in [7, 11) is 1.74. The Morgan fingerprint density at radius 1 is 1.00 bits per heavy atom. The Balaban J connectivity index is 1.23. The van der Waals surface area contributed by atoms with E-state index in [0.717, 1.165) is 57.7 Å². The van der Waals surface area contributed by atoms with Crippen molar-refractivity contribution in [3.8, 4) is 5.75 Å². The van der Waals surface area contributed by atoms with Gasteiger partial charge in [-0.2, -0.15) is 0 Å². The first-order valence-electron chi connectivity index (χ1n) is 12.3. The van der Waals surface area contributed by atoms with Gasteiger partial charge >= 0.3 is 0 Å².